The molecule has 4 N–H and O–H groups in total. The minimum Gasteiger partial charge on any atom is -0.490 e. The molecule has 0 bridgehead atoms. The van der Waals surface area contributed by atoms with E-state index in [1.165, 1.54) is 11.1 Å². The summed E-state index contributed by atoms with van der Waals surface area (Å²) < 4.78 is 11.8. The van der Waals surface area contributed by atoms with Crippen molar-refractivity contribution in [2.45, 2.75) is 63.3 Å². The van der Waals surface area contributed by atoms with E-state index in [0.29, 0.717) is 18.6 Å². The van der Waals surface area contributed by atoms with Crippen LogP contribution in [-0.2, 0) is 17.7 Å². The van der Waals surface area contributed by atoms with E-state index in [9.17, 15) is 20.4 Å². The summed E-state index contributed by atoms with van der Waals surface area (Å²) in [7, 11) is 0. The lowest BCUT2D eigenvalue weighted by atomic mass is 9.86. The quantitative estimate of drug-likeness (QED) is 0.380. The molecule has 0 radical (unpaired) electrons. The fourth-order valence-corrected chi connectivity index (χ4v) is 5.51. The fourth-order valence-electron chi connectivity index (χ4n) is 5.51. The summed E-state index contributed by atoms with van der Waals surface area (Å²) in [6, 6.07) is 22.7. The van der Waals surface area contributed by atoms with Gasteiger partial charge < -0.3 is 34.8 Å². The predicted molar refractivity (Wildman–Crippen MR) is 145 cm³/mol. The molecule has 1 fully saturated rings. The van der Waals surface area contributed by atoms with Crippen LogP contribution >= 0.6 is 0 Å². The molecule has 0 aliphatic carbocycles. The van der Waals surface area contributed by atoms with Crippen molar-refractivity contribution in [3.05, 3.63) is 94.5 Å². The summed E-state index contributed by atoms with van der Waals surface area (Å²) in [4.78, 5) is 2.35. The van der Waals surface area contributed by atoms with E-state index in [0.717, 1.165) is 35.7 Å². The van der Waals surface area contributed by atoms with Crippen molar-refractivity contribution in [3.63, 3.8) is 0 Å². The Balaban J connectivity index is 1.44. The van der Waals surface area contributed by atoms with Crippen LogP contribution in [0.25, 0.3) is 0 Å². The highest BCUT2D eigenvalue weighted by atomic mass is 16.5. The third-order valence-electron chi connectivity index (χ3n) is 7.60. The highest BCUT2D eigenvalue weighted by molar-refractivity contribution is 5.62. The second-order valence-electron chi connectivity index (χ2n) is 10.6. The Morgan fingerprint density at radius 1 is 0.895 bits per heavy atom. The molecule has 7 heteroatoms. The predicted octanol–water partition coefficient (Wildman–Crippen LogP) is 3.31. The molecular formula is C31H37NO6. The molecule has 1 saturated heterocycles. The second kappa shape index (κ2) is 11.4. The van der Waals surface area contributed by atoms with Gasteiger partial charge in [-0.1, -0.05) is 68.4 Å². The van der Waals surface area contributed by atoms with Crippen LogP contribution in [0.2, 0.25) is 0 Å². The molecule has 0 spiro atoms. The molecule has 5 atom stereocenters. The Kier molecular flexibility index (Phi) is 8.02. The van der Waals surface area contributed by atoms with E-state index in [1.54, 1.807) is 0 Å². The van der Waals surface area contributed by atoms with Gasteiger partial charge in [0.05, 0.1) is 18.8 Å². The summed E-state index contributed by atoms with van der Waals surface area (Å²) >= 11 is 0. The Morgan fingerprint density at radius 2 is 1.68 bits per heavy atom. The lowest BCUT2D eigenvalue weighted by Crippen LogP contribution is -2.55. The number of aliphatic hydroxyl groups excluding tert-OH is 4. The molecule has 0 aromatic heterocycles. The molecule has 38 heavy (non-hydrogen) atoms. The van der Waals surface area contributed by atoms with Gasteiger partial charge in [-0.3, -0.25) is 0 Å². The molecule has 0 saturated carbocycles. The van der Waals surface area contributed by atoms with Crippen LogP contribution < -0.4 is 9.64 Å². The third-order valence-corrected chi connectivity index (χ3v) is 7.60. The highest BCUT2D eigenvalue weighted by Crippen LogP contribution is 2.37. The van der Waals surface area contributed by atoms with Gasteiger partial charge in [0.25, 0.3) is 0 Å². The average Bonchev–Trinajstić information content (AvgIpc) is 2.93. The fraction of sp³-hybridized carbons (Fsp3) is 0.419. The van der Waals surface area contributed by atoms with Gasteiger partial charge >= 0.3 is 0 Å². The summed E-state index contributed by atoms with van der Waals surface area (Å²) in [5.74, 6) is 1.17. The normalized spacial score (nSPS) is 25.2. The lowest BCUT2D eigenvalue weighted by Gasteiger charge is -2.40. The summed E-state index contributed by atoms with van der Waals surface area (Å²) in [6.07, 6.45) is -5.22. The van der Waals surface area contributed by atoms with Crippen LogP contribution in [-0.4, -0.2) is 64.6 Å². The minimum absolute atomic E-state index is 0.282. The number of aliphatic hydroxyl groups is 4. The van der Waals surface area contributed by atoms with E-state index in [1.807, 2.05) is 30.3 Å². The minimum atomic E-state index is -1.41. The molecule has 202 valence electrons. The maximum absolute atomic E-state index is 10.7. The molecule has 3 aromatic rings. The highest BCUT2D eigenvalue weighted by Gasteiger charge is 2.44. The molecule has 7 nitrogen and oxygen atoms in total. The van der Waals surface area contributed by atoms with Gasteiger partial charge in [0.15, 0.2) is 0 Å². The first-order chi connectivity index (χ1) is 18.4. The monoisotopic (exact) mass is 519 g/mol. The van der Waals surface area contributed by atoms with Crippen LogP contribution in [0.5, 0.6) is 5.75 Å². The van der Waals surface area contributed by atoms with Crippen molar-refractivity contribution >= 4 is 5.69 Å². The Morgan fingerprint density at radius 3 is 2.42 bits per heavy atom. The van der Waals surface area contributed by atoms with Crippen molar-refractivity contribution < 1.29 is 29.9 Å². The molecule has 5 rings (SSSR count). The summed E-state index contributed by atoms with van der Waals surface area (Å²) in [5.41, 5.74) is 6.46. The van der Waals surface area contributed by atoms with E-state index < -0.39 is 37.1 Å². The molecule has 2 heterocycles. The second-order valence-corrected chi connectivity index (χ2v) is 10.6. The SMILES string of the molecule is CC(C)c1ccc(C2OC(CO)[C@@H](O)C(O)[C@H]2O)cc1Cc1ccc2c(c1)N(Cc1ccccc1)CCO2. The topological polar surface area (TPSA) is 103 Å². The van der Waals surface area contributed by atoms with E-state index in [-0.39, 0.29) is 5.92 Å². The number of benzene rings is 3. The number of hydrogen-bond donors (Lipinski definition) is 4. The first kappa shape index (κ1) is 26.7. The van der Waals surface area contributed by atoms with Crippen molar-refractivity contribution in [2.24, 2.45) is 0 Å². The first-order valence-corrected chi connectivity index (χ1v) is 13.3. The van der Waals surface area contributed by atoms with Gasteiger partial charge in [0.1, 0.15) is 42.9 Å². The van der Waals surface area contributed by atoms with Gasteiger partial charge in [-0.05, 0) is 52.3 Å². The van der Waals surface area contributed by atoms with Crippen LogP contribution in [0, 0.1) is 0 Å². The molecule has 0 amide bonds. The zero-order chi connectivity index (χ0) is 26.8. The third kappa shape index (κ3) is 5.44. The molecule has 3 unspecified atom stereocenters. The lowest BCUT2D eigenvalue weighted by molar-refractivity contribution is -0.231. The van der Waals surface area contributed by atoms with Crippen LogP contribution in [0.15, 0.2) is 66.7 Å². The molecular weight excluding hydrogens is 482 g/mol. The summed E-state index contributed by atoms with van der Waals surface area (Å²) in [5, 5.41) is 40.8. The molecule has 2 aliphatic rings. The maximum atomic E-state index is 10.7. The smallest absolute Gasteiger partial charge is 0.142 e. The Labute approximate surface area is 223 Å². The van der Waals surface area contributed by atoms with E-state index >= 15 is 0 Å². The Bertz CT molecular complexity index is 1230. The largest absolute Gasteiger partial charge is 0.490 e. The van der Waals surface area contributed by atoms with Crippen molar-refractivity contribution in [1.82, 2.24) is 0 Å². The Hall–Kier alpha value is -2.94. The first-order valence-electron chi connectivity index (χ1n) is 13.3. The zero-order valence-corrected chi connectivity index (χ0v) is 21.9. The zero-order valence-electron chi connectivity index (χ0n) is 21.9. The molecule has 2 aliphatic heterocycles. The number of rotatable bonds is 7. The molecule has 3 aromatic carbocycles. The van der Waals surface area contributed by atoms with E-state index in [2.05, 4.69) is 55.1 Å². The maximum Gasteiger partial charge on any atom is 0.142 e. The van der Waals surface area contributed by atoms with Crippen LogP contribution in [0.4, 0.5) is 5.69 Å². The number of anilines is 1. The van der Waals surface area contributed by atoms with Gasteiger partial charge in [0.2, 0.25) is 0 Å². The summed E-state index contributed by atoms with van der Waals surface area (Å²) in [6.45, 7) is 6.12. The van der Waals surface area contributed by atoms with Gasteiger partial charge in [-0.25, -0.2) is 0 Å². The number of fused-ring (bicyclic) bond motifs is 1. The standard InChI is InChI=1S/C31H37NO6/c1-19(2)24-10-9-22(31-30(36)29(35)28(34)27(18-33)38-31)16-23(24)14-21-8-11-26-25(15-21)32(12-13-37-26)17-20-6-4-3-5-7-20/h3-11,15-16,19,27-31,33-36H,12-14,17-18H2,1-2H3/t27?,28-,29?,30-,31?/m1/s1. The average molecular weight is 520 g/mol. The van der Waals surface area contributed by atoms with Crippen molar-refractivity contribution in [1.29, 1.82) is 0 Å². The van der Waals surface area contributed by atoms with Crippen LogP contribution in [0.1, 0.15) is 53.7 Å². The van der Waals surface area contributed by atoms with E-state index in [4.69, 9.17) is 9.47 Å². The van der Waals surface area contributed by atoms with Gasteiger partial charge in [0, 0.05) is 6.54 Å². The van der Waals surface area contributed by atoms with Crippen LogP contribution in [0.3, 0.4) is 0 Å². The van der Waals surface area contributed by atoms with Crippen molar-refractivity contribution in [2.75, 3.05) is 24.7 Å². The van der Waals surface area contributed by atoms with Gasteiger partial charge in [-0.15, -0.1) is 0 Å². The van der Waals surface area contributed by atoms with Gasteiger partial charge in [-0.2, -0.15) is 0 Å². The number of nitrogens with zero attached hydrogens (tertiary/aromatic N) is 1. The number of hydrogen-bond acceptors (Lipinski definition) is 7. The van der Waals surface area contributed by atoms with Crippen molar-refractivity contribution in [3.8, 4) is 5.75 Å². The number of ether oxygens (including phenoxy) is 2.